The first-order valence-corrected chi connectivity index (χ1v) is 11.2. The highest BCUT2D eigenvalue weighted by atomic mass is 19.4. The molecule has 1 saturated carbocycles. The normalized spacial score (nSPS) is 17.7. The van der Waals surface area contributed by atoms with Gasteiger partial charge in [0.05, 0.1) is 12.0 Å². The summed E-state index contributed by atoms with van der Waals surface area (Å²) in [5, 5.41) is 15.4. The number of carbonyl (C=O) groups is 3. The van der Waals surface area contributed by atoms with Crippen LogP contribution in [0.2, 0.25) is 0 Å². The summed E-state index contributed by atoms with van der Waals surface area (Å²) in [6.07, 6.45) is -2.96. The SMILES string of the molecule is O=C(NCCNC(=O)c1ccc(OC2CCC(C(=O)O)CC2)c(F)c1)c1ccc(NC(F)(F)F)cc1. The number of aliphatic carboxylic acids is 1. The van der Waals surface area contributed by atoms with Gasteiger partial charge in [-0.3, -0.25) is 19.7 Å². The number of ether oxygens (including phenoxy) is 1. The Balaban J connectivity index is 1.42. The molecule has 194 valence electrons. The van der Waals surface area contributed by atoms with Crippen LogP contribution in [0.25, 0.3) is 0 Å². The smallest absolute Gasteiger partial charge is 0.482 e. The molecule has 0 aromatic heterocycles. The van der Waals surface area contributed by atoms with Crippen molar-refractivity contribution in [3.05, 3.63) is 59.4 Å². The molecule has 3 rings (SSSR count). The molecule has 36 heavy (non-hydrogen) atoms. The van der Waals surface area contributed by atoms with Crippen LogP contribution in [0.5, 0.6) is 5.75 Å². The Labute approximate surface area is 204 Å². The van der Waals surface area contributed by atoms with E-state index in [9.17, 15) is 31.9 Å². The van der Waals surface area contributed by atoms with Crippen LogP contribution in [0.3, 0.4) is 0 Å². The van der Waals surface area contributed by atoms with Gasteiger partial charge in [0.25, 0.3) is 11.8 Å². The lowest BCUT2D eigenvalue weighted by molar-refractivity contribution is -0.143. The topological polar surface area (TPSA) is 117 Å². The maximum absolute atomic E-state index is 14.4. The van der Waals surface area contributed by atoms with Crippen molar-refractivity contribution >= 4 is 23.5 Å². The Morgan fingerprint density at radius 1 is 0.889 bits per heavy atom. The van der Waals surface area contributed by atoms with Crippen LogP contribution in [-0.4, -0.2) is 48.4 Å². The number of hydrogen-bond donors (Lipinski definition) is 4. The van der Waals surface area contributed by atoms with E-state index in [1.165, 1.54) is 29.6 Å². The van der Waals surface area contributed by atoms with Crippen molar-refractivity contribution in [1.82, 2.24) is 10.6 Å². The van der Waals surface area contributed by atoms with Crippen LogP contribution < -0.4 is 20.7 Å². The lowest BCUT2D eigenvalue weighted by Crippen LogP contribution is -2.34. The van der Waals surface area contributed by atoms with E-state index in [-0.39, 0.29) is 41.8 Å². The second-order valence-corrected chi connectivity index (χ2v) is 8.29. The standard InChI is InChI=1S/C24H25F4N3O5/c25-19-13-16(5-10-20(19)36-18-8-3-15(4-9-18)23(34)35)22(33)30-12-11-29-21(32)14-1-6-17(7-2-14)31-24(26,27)28/h1-2,5-7,10,13,15,18,31H,3-4,8-9,11-12H2,(H,29,32)(H,30,33)(H,34,35). The van der Waals surface area contributed by atoms with Gasteiger partial charge in [-0.1, -0.05) is 0 Å². The fraction of sp³-hybridized carbons (Fsp3) is 0.375. The summed E-state index contributed by atoms with van der Waals surface area (Å²) in [5.41, 5.74) is -0.0165. The van der Waals surface area contributed by atoms with Gasteiger partial charge in [0.1, 0.15) is 0 Å². The average molecular weight is 511 g/mol. The minimum absolute atomic E-state index is 0.0194. The highest BCUT2D eigenvalue weighted by Gasteiger charge is 2.28. The molecule has 0 bridgehead atoms. The summed E-state index contributed by atoms with van der Waals surface area (Å²) in [4.78, 5) is 35.4. The molecule has 0 aliphatic heterocycles. The van der Waals surface area contributed by atoms with Crippen molar-refractivity contribution in [3.63, 3.8) is 0 Å². The second-order valence-electron chi connectivity index (χ2n) is 8.29. The van der Waals surface area contributed by atoms with Crippen molar-refractivity contribution in [2.45, 2.75) is 38.1 Å². The van der Waals surface area contributed by atoms with Crippen molar-refractivity contribution in [2.24, 2.45) is 5.92 Å². The van der Waals surface area contributed by atoms with E-state index in [2.05, 4.69) is 10.6 Å². The molecule has 1 aliphatic rings. The van der Waals surface area contributed by atoms with E-state index < -0.39 is 35.8 Å². The van der Waals surface area contributed by atoms with Gasteiger partial charge in [-0.2, -0.15) is 13.2 Å². The fourth-order valence-corrected chi connectivity index (χ4v) is 3.77. The molecule has 2 aromatic rings. The molecule has 8 nitrogen and oxygen atoms in total. The van der Waals surface area contributed by atoms with Crippen molar-refractivity contribution in [1.29, 1.82) is 0 Å². The first-order valence-electron chi connectivity index (χ1n) is 11.2. The van der Waals surface area contributed by atoms with Crippen LogP contribution >= 0.6 is 0 Å². The number of hydrogen-bond acceptors (Lipinski definition) is 5. The maximum Gasteiger partial charge on any atom is 0.482 e. The van der Waals surface area contributed by atoms with E-state index in [1.54, 1.807) is 0 Å². The summed E-state index contributed by atoms with van der Waals surface area (Å²) < 4.78 is 57.0. The molecule has 0 atom stereocenters. The predicted molar refractivity (Wildman–Crippen MR) is 121 cm³/mol. The lowest BCUT2D eigenvalue weighted by atomic mass is 9.87. The Kier molecular flexibility index (Phi) is 8.73. The van der Waals surface area contributed by atoms with Gasteiger partial charge >= 0.3 is 12.3 Å². The van der Waals surface area contributed by atoms with Crippen molar-refractivity contribution in [2.75, 3.05) is 18.4 Å². The van der Waals surface area contributed by atoms with Crippen LogP contribution in [-0.2, 0) is 4.79 Å². The Morgan fingerprint density at radius 2 is 1.44 bits per heavy atom. The quantitative estimate of drug-likeness (QED) is 0.230. The number of benzene rings is 2. The number of carboxylic acids is 1. The highest BCUT2D eigenvalue weighted by Crippen LogP contribution is 2.29. The van der Waals surface area contributed by atoms with Crippen LogP contribution in [0.15, 0.2) is 42.5 Å². The van der Waals surface area contributed by atoms with Gasteiger partial charge in [0.15, 0.2) is 11.6 Å². The van der Waals surface area contributed by atoms with Crippen molar-refractivity contribution < 1.29 is 41.8 Å². The molecular formula is C24H25F4N3O5. The first-order chi connectivity index (χ1) is 17.0. The number of carbonyl (C=O) groups excluding carboxylic acids is 2. The van der Waals surface area contributed by atoms with Gasteiger partial charge in [0.2, 0.25) is 0 Å². The Morgan fingerprint density at radius 3 is 1.97 bits per heavy atom. The minimum atomic E-state index is -4.58. The van der Waals surface area contributed by atoms with Gasteiger partial charge < -0.3 is 20.5 Å². The number of carboxylic acid groups (broad SMARTS) is 1. The molecule has 0 saturated heterocycles. The molecule has 0 radical (unpaired) electrons. The van der Waals surface area contributed by atoms with Crippen LogP contribution in [0, 0.1) is 11.7 Å². The number of rotatable bonds is 9. The summed E-state index contributed by atoms with van der Waals surface area (Å²) >= 11 is 0. The van der Waals surface area contributed by atoms with Gasteiger partial charge in [-0.15, -0.1) is 0 Å². The predicted octanol–water partition coefficient (Wildman–Crippen LogP) is 3.94. The third-order valence-corrected chi connectivity index (χ3v) is 5.64. The lowest BCUT2D eigenvalue weighted by Gasteiger charge is -2.27. The number of nitrogens with one attached hydrogen (secondary N) is 3. The Bertz CT molecular complexity index is 1080. The summed E-state index contributed by atoms with van der Waals surface area (Å²) in [6.45, 7) is 0.0702. The molecule has 0 spiro atoms. The van der Waals surface area contributed by atoms with E-state index in [1.807, 2.05) is 0 Å². The zero-order valence-corrected chi connectivity index (χ0v) is 19.0. The Hall–Kier alpha value is -3.83. The monoisotopic (exact) mass is 511 g/mol. The van der Waals surface area contributed by atoms with E-state index >= 15 is 0 Å². The molecule has 2 aromatic carbocycles. The van der Waals surface area contributed by atoms with Crippen LogP contribution in [0.4, 0.5) is 23.2 Å². The van der Waals surface area contributed by atoms with E-state index in [0.29, 0.717) is 25.7 Å². The molecular weight excluding hydrogens is 486 g/mol. The first kappa shape index (κ1) is 26.8. The molecule has 0 heterocycles. The highest BCUT2D eigenvalue weighted by molar-refractivity contribution is 5.95. The molecule has 12 heteroatoms. The maximum atomic E-state index is 14.4. The largest absolute Gasteiger partial charge is 0.487 e. The number of halogens is 4. The molecule has 1 fully saturated rings. The van der Waals surface area contributed by atoms with E-state index in [0.717, 1.165) is 18.2 Å². The average Bonchev–Trinajstić information content (AvgIpc) is 2.82. The molecule has 1 aliphatic carbocycles. The second kappa shape index (κ2) is 11.7. The van der Waals surface area contributed by atoms with Gasteiger partial charge in [0, 0.05) is 29.9 Å². The zero-order valence-electron chi connectivity index (χ0n) is 19.0. The van der Waals surface area contributed by atoms with Crippen LogP contribution in [0.1, 0.15) is 46.4 Å². The minimum Gasteiger partial charge on any atom is -0.487 e. The molecule has 0 unspecified atom stereocenters. The third-order valence-electron chi connectivity index (χ3n) is 5.64. The third kappa shape index (κ3) is 7.85. The summed E-state index contributed by atoms with van der Waals surface area (Å²) in [7, 11) is 0. The molecule has 2 amide bonds. The van der Waals surface area contributed by atoms with Gasteiger partial charge in [-0.05, 0) is 68.1 Å². The number of alkyl halides is 3. The van der Waals surface area contributed by atoms with Crippen molar-refractivity contribution in [3.8, 4) is 5.75 Å². The number of anilines is 1. The number of amides is 2. The molecule has 4 N–H and O–H groups in total. The summed E-state index contributed by atoms with van der Waals surface area (Å²) in [6, 6.07) is 8.46. The van der Waals surface area contributed by atoms with E-state index in [4.69, 9.17) is 9.84 Å². The summed E-state index contributed by atoms with van der Waals surface area (Å²) in [5.74, 6) is -3.10. The fourth-order valence-electron chi connectivity index (χ4n) is 3.77. The zero-order chi connectivity index (χ0) is 26.3. The van der Waals surface area contributed by atoms with Gasteiger partial charge in [-0.25, -0.2) is 4.39 Å².